The van der Waals surface area contributed by atoms with Gasteiger partial charge in [0.05, 0.1) is 35.3 Å². The topological polar surface area (TPSA) is 192 Å². The van der Waals surface area contributed by atoms with Gasteiger partial charge in [-0.1, -0.05) is 0 Å². The van der Waals surface area contributed by atoms with Crippen LogP contribution in [-0.4, -0.2) is 29.5 Å². The summed E-state index contributed by atoms with van der Waals surface area (Å²) in [6.45, 7) is 2.51. The zero-order valence-corrected chi connectivity index (χ0v) is 21.7. The zero-order valence-electron chi connectivity index (χ0n) is 21.7. The van der Waals surface area contributed by atoms with Crippen LogP contribution in [-0.2, 0) is 4.79 Å². The first kappa shape index (κ1) is 28.5. The van der Waals surface area contributed by atoms with Crippen molar-refractivity contribution in [2.24, 2.45) is 29.1 Å². The molecule has 2 saturated carbocycles. The first-order chi connectivity index (χ1) is 18.5. The van der Waals surface area contributed by atoms with Gasteiger partial charge in [-0.2, -0.15) is 5.26 Å². The maximum atomic E-state index is 10.1. The number of carbonyl (C=O) groups is 1. The van der Waals surface area contributed by atoms with E-state index in [1.54, 1.807) is 0 Å². The minimum absolute atomic E-state index is 0.113. The zero-order chi connectivity index (χ0) is 27.7. The number of nitrogens with zero attached hydrogens (tertiary/aromatic N) is 2. The number of carbonyl (C=O) groups excluding carboxylic acids is 1. The Morgan fingerprint density at radius 3 is 2.32 bits per heavy atom. The van der Waals surface area contributed by atoms with E-state index in [4.69, 9.17) is 25.4 Å². The normalized spacial score (nSPS) is 15.0. The molecule has 0 spiro atoms. The lowest BCUT2D eigenvalue weighted by Crippen LogP contribution is -2.18. The highest BCUT2D eigenvalue weighted by atomic mass is 16.5. The van der Waals surface area contributed by atoms with E-state index in [9.17, 15) is 5.26 Å². The van der Waals surface area contributed by atoms with Gasteiger partial charge in [-0.25, -0.2) is 0 Å². The Hall–Kier alpha value is -4.07. The highest BCUT2D eigenvalue weighted by molar-refractivity contribution is 5.95. The van der Waals surface area contributed by atoms with Crippen LogP contribution in [0.15, 0.2) is 42.5 Å². The molecule has 38 heavy (non-hydrogen) atoms. The van der Waals surface area contributed by atoms with Crippen molar-refractivity contribution in [1.29, 1.82) is 10.7 Å². The molecule has 2 aliphatic carbocycles. The molecule has 1 unspecified atom stereocenters. The average molecular weight is 520 g/mol. The number of rotatable bonds is 9. The number of amides is 1. The molecule has 2 aromatic carbocycles. The molecule has 1 amide bonds. The molecule has 1 atom stereocenters. The number of nitriles is 1. The van der Waals surface area contributed by atoms with E-state index < -0.39 is 0 Å². The largest absolute Gasteiger partial charge is 0.493 e. The van der Waals surface area contributed by atoms with E-state index in [2.05, 4.69) is 47.1 Å². The lowest BCUT2D eigenvalue weighted by atomic mass is 9.92. The van der Waals surface area contributed by atoms with Crippen LogP contribution >= 0.6 is 0 Å². The number of hydrogen-bond acceptors (Lipinski definition) is 7. The van der Waals surface area contributed by atoms with Gasteiger partial charge < -0.3 is 25.5 Å². The first-order valence-corrected chi connectivity index (χ1v) is 12.8. The molecule has 10 heteroatoms. The smallest absolute Gasteiger partial charge is 0.204 e. The molecule has 0 saturated heterocycles. The highest BCUT2D eigenvalue weighted by Crippen LogP contribution is 2.43. The fraction of sp³-hybridized carbons (Fsp3) is 0.393. The van der Waals surface area contributed by atoms with Crippen LogP contribution in [0.5, 0.6) is 11.5 Å². The van der Waals surface area contributed by atoms with Gasteiger partial charge >= 0.3 is 0 Å². The third-order valence-corrected chi connectivity index (χ3v) is 6.90. The number of primary amides is 1. The van der Waals surface area contributed by atoms with Crippen LogP contribution in [0.4, 0.5) is 0 Å². The second-order valence-electron chi connectivity index (χ2n) is 9.41. The van der Waals surface area contributed by atoms with Crippen molar-refractivity contribution in [3.63, 3.8) is 0 Å². The van der Waals surface area contributed by atoms with Crippen molar-refractivity contribution in [3.05, 3.63) is 48.0 Å². The van der Waals surface area contributed by atoms with Crippen molar-refractivity contribution in [1.82, 2.24) is 4.57 Å². The Labute approximate surface area is 222 Å². The van der Waals surface area contributed by atoms with Gasteiger partial charge in [-0.3, -0.25) is 21.9 Å². The van der Waals surface area contributed by atoms with Crippen LogP contribution in [0.25, 0.3) is 22.2 Å². The number of fused-ring (bicyclic) bond motifs is 1. The monoisotopic (exact) mass is 519 g/mol. The second kappa shape index (κ2) is 13.5. The maximum Gasteiger partial charge on any atom is 0.204 e. The van der Waals surface area contributed by atoms with Gasteiger partial charge in [0.25, 0.3) is 0 Å². The van der Waals surface area contributed by atoms with Gasteiger partial charge in [0.1, 0.15) is 17.6 Å². The summed E-state index contributed by atoms with van der Waals surface area (Å²) >= 11 is 0. The molecule has 0 radical (unpaired) electrons. The fourth-order valence-electron chi connectivity index (χ4n) is 4.65. The molecule has 5 rings (SSSR count). The predicted octanol–water partition coefficient (Wildman–Crippen LogP) is 3.71. The van der Waals surface area contributed by atoms with E-state index in [0.29, 0.717) is 30.6 Å². The van der Waals surface area contributed by atoms with Gasteiger partial charge in [0.2, 0.25) is 6.41 Å². The number of benzene rings is 2. The summed E-state index contributed by atoms with van der Waals surface area (Å²) in [4.78, 5) is 8.58. The Morgan fingerprint density at radius 1 is 1.16 bits per heavy atom. The molecule has 10 nitrogen and oxygen atoms in total. The summed E-state index contributed by atoms with van der Waals surface area (Å²) in [5.74, 6) is 10.4. The fourth-order valence-corrected chi connectivity index (χ4v) is 4.65. The third-order valence-electron chi connectivity index (χ3n) is 6.90. The number of aromatic nitrogens is 1. The number of nitrogens with one attached hydrogen (secondary N) is 1. The van der Waals surface area contributed by atoms with Crippen molar-refractivity contribution in [3.8, 4) is 28.8 Å². The number of hydrogen-bond donors (Lipinski definition) is 5. The highest BCUT2D eigenvalue weighted by Gasteiger charge is 2.30. The summed E-state index contributed by atoms with van der Waals surface area (Å²) < 4.78 is 14.3. The maximum absolute atomic E-state index is 10.1. The Morgan fingerprint density at radius 2 is 1.79 bits per heavy atom. The average Bonchev–Trinajstić information content (AvgIpc) is 3.69. The van der Waals surface area contributed by atoms with Gasteiger partial charge in [0, 0.05) is 23.9 Å². The molecular formula is C28H37N7O3. The molecule has 0 bridgehead atoms. The van der Waals surface area contributed by atoms with E-state index in [1.807, 2.05) is 30.3 Å². The van der Waals surface area contributed by atoms with Gasteiger partial charge in [-0.15, -0.1) is 0 Å². The molecule has 0 aliphatic heterocycles. The SMILES string of the molecule is CC(Oc1ccc(-c2c(C#N)c3ccc(OCCC(=N)N)cc3n2C2CCC2)cc1)C1CC1.NC=O.NN. The van der Waals surface area contributed by atoms with E-state index in [-0.39, 0.29) is 18.3 Å². The van der Waals surface area contributed by atoms with E-state index in [0.717, 1.165) is 46.5 Å². The van der Waals surface area contributed by atoms with Crippen molar-refractivity contribution >= 4 is 23.1 Å². The lowest BCUT2D eigenvalue weighted by molar-refractivity contribution is -0.106. The summed E-state index contributed by atoms with van der Waals surface area (Å²) in [6, 6.07) is 16.9. The molecular weight excluding hydrogens is 482 g/mol. The van der Waals surface area contributed by atoms with Crippen LogP contribution < -0.4 is 32.6 Å². The quantitative estimate of drug-likeness (QED) is 0.0934. The molecule has 1 aromatic heterocycles. The minimum atomic E-state index is 0.113. The molecule has 2 fully saturated rings. The molecule has 3 aromatic rings. The molecule has 9 N–H and O–H groups in total. The first-order valence-electron chi connectivity index (χ1n) is 12.8. The minimum Gasteiger partial charge on any atom is -0.493 e. The number of amidine groups is 1. The molecule has 202 valence electrons. The van der Waals surface area contributed by atoms with Crippen LogP contribution in [0, 0.1) is 22.7 Å². The molecule has 1 heterocycles. The predicted molar refractivity (Wildman–Crippen MR) is 148 cm³/mol. The van der Waals surface area contributed by atoms with Crippen molar-refractivity contribution < 1.29 is 14.3 Å². The van der Waals surface area contributed by atoms with Crippen LogP contribution in [0.1, 0.15) is 57.1 Å². The van der Waals surface area contributed by atoms with E-state index in [1.165, 1.54) is 19.3 Å². The summed E-state index contributed by atoms with van der Waals surface area (Å²) in [7, 11) is 0. The van der Waals surface area contributed by atoms with Crippen LogP contribution in [0.3, 0.4) is 0 Å². The van der Waals surface area contributed by atoms with Crippen LogP contribution in [0.2, 0.25) is 0 Å². The van der Waals surface area contributed by atoms with E-state index >= 15 is 0 Å². The van der Waals surface area contributed by atoms with Gasteiger partial charge in [0.15, 0.2) is 0 Å². The Bertz CT molecular complexity index is 1270. The van der Waals surface area contributed by atoms with Crippen molar-refractivity contribution in [2.75, 3.05) is 6.61 Å². The standard InChI is InChI=1S/C27H30N4O2.CH3NO.H4N2/c1-17(18-5-6-18)33-21-9-7-19(8-10-21)27-24(16-28)23-12-11-22(32-14-13-26(29)30)15-25(23)31(27)20-3-2-4-20;2-1-3;1-2/h7-12,15,17-18,20H,2-6,13-14H2,1H3,(H3,29,30);1H,(H2,2,3);1-2H2. The number of hydrazine groups is 1. The van der Waals surface area contributed by atoms with Crippen molar-refractivity contribution in [2.45, 2.75) is 57.6 Å². The Kier molecular flexibility index (Phi) is 10.1. The second-order valence-corrected chi connectivity index (χ2v) is 9.41. The Balaban J connectivity index is 0.000000748. The third kappa shape index (κ3) is 6.62. The summed E-state index contributed by atoms with van der Waals surface area (Å²) in [5, 5.41) is 18.5. The number of ether oxygens (including phenoxy) is 2. The summed E-state index contributed by atoms with van der Waals surface area (Å²) in [5.41, 5.74) is 13.3. The summed E-state index contributed by atoms with van der Waals surface area (Å²) in [6.07, 6.45) is 6.82. The number of nitrogens with two attached hydrogens (primary N) is 4. The molecule has 2 aliphatic rings. The van der Waals surface area contributed by atoms with Gasteiger partial charge in [-0.05, 0) is 86.9 Å². The lowest BCUT2D eigenvalue weighted by Gasteiger charge is -2.30.